The molecule has 2 aromatic rings. The van der Waals surface area contributed by atoms with Crippen molar-refractivity contribution in [3.05, 3.63) is 50.3 Å². The van der Waals surface area contributed by atoms with Crippen LogP contribution in [0.15, 0.2) is 33.3 Å². The van der Waals surface area contributed by atoms with Crippen LogP contribution in [0.1, 0.15) is 11.5 Å². The number of aromatic nitrogens is 1. The Labute approximate surface area is 111 Å². The number of nitro groups is 1. The Morgan fingerprint density at radius 2 is 2.28 bits per heavy atom. The van der Waals surface area contributed by atoms with Gasteiger partial charge in [-0.3, -0.25) is 10.1 Å². The predicted molar refractivity (Wildman–Crippen MR) is 69.4 cm³/mol. The Hall–Kier alpha value is -1.89. The quantitative estimate of drug-likeness (QED) is 0.692. The lowest BCUT2D eigenvalue weighted by atomic mass is 10.2. The molecule has 0 aliphatic rings. The molecule has 7 heteroatoms. The van der Waals surface area contributed by atoms with Crippen molar-refractivity contribution in [3.63, 3.8) is 0 Å². The van der Waals surface area contributed by atoms with Crippen LogP contribution in [-0.4, -0.2) is 10.1 Å². The summed E-state index contributed by atoms with van der Waals surface area (Å²) >= 11 is 3.20. The van der Waals surface area contributed by atoms with Crippen molar-refractivity contribution < 1.29 is 9.45 Å². The number of benzene rings is 1. The molecule has 0 fully saturated rings. The van der Waals surface area contributed by atoms with Crippen LogP contribution < -0.4 is 5.32 Å². The molecule has 1 heterocycles. The fourth-order valence-corrected chi connectivity index (χ4v) is 1.84. The standard InChI is InChI=1S/C11H10BrN3O3/c1-7-4-9(18-14-7)6-13-10-3-2-8(12)5-11(10)15(16)17/h2-5,13H,6H2,1H3. The second-order valence-corrected chi connectivity index (χ2v) is 4.62. The molecule has 1 N–H and O–H groups in total. The fraction of sp³-hybridized carbons (Fsp3) is 0.182. The van der Waals surface area contributed by atoms with Gasteiger partial charge in [-0.25, -0.2) is 0 Å². The summed E-state index contributed by atoms with van der Waals surface area (Å²) in [6, 6.07) is 6.61. The van der Waals surface area contributed by atoms with E-state index in [1.54, 1.807) is 18.2 Å². The monoisotopic (exact) mass is 311 g/mol. The number of nitrogens with one attached hydrogen (secondary N) is 1. The zero-order valence-corrected chi connectivity index (χ0v) is 11.1. The van der Waals surface area contributed by atoms with Crippen molar-refractivity contribution in [1.29, 1.82) is 0 Å². The van der Waals surface area contributed by atoms with E-state index in [0.717, 1.165) is 5.69 Å². The summed E-state index contributed by atoms with van der Waals surface area (Å²) in [7, 11) is 0. The molecule has 0 bridgehead atoms. The molecule has 0 saturated heterocycles. The predicted octanol–water partition coefficient (Wildman–Crippen LogP) is 3.27. The molecule has 0 radical (unpaired) electrons. The topological polar surface area (TPSA) is 81.2 Å². The van der Waals surface area contributed by atoms with Gasteiger partial charge in [0, 0.05) is 16.6 Å². The van der Waals surface area contributed by atoms with Crippen molar-refractivity contribution in [2.24, 2.45) is 0 Å². The number of nitro benzene ring substituents is 1. The second-order valence-electron chi connectivity index (χ2n) is 3.71. The minimum absolute atomic E-state index is 0.0145. The molecule has 94 valence electrons. The molecule has 0 unspecified atom stereocenters. The minimum atomic E-state index is -0.432. The lowest BCUT2D eigenvalue weighted by Crippen LogP contribution is -2.01. The summed E-state index contributed by atoms with van der Waals surface area (Å²) in [6.45, 7) is 2.17. The molecule has 0 aliphatic heterocycles. The Bertz CT molecular complexity index is 583. The van der Waals surface area contributed by atoms with Crippen LogP contribution in [-0.2, 0) is 6.54 Å². The molecule has 2 rings (SSSR count). The number of rotatable bonds is 4. The Balaban J connectivity index is 2.16. The average Bonchev–Trinajstić information content (AvgIpc) is 2.73. The lowest BCUT2D eigenvalue weighted by Gasteiger charge is -2.05. The second kappa shape index (κ2) is 5.18. The van der Waals surface area contributed by atoms with E-state index in [-0.39, 0.29) is 5.69 Å². The summed E-state index contributed by atoms with van der Waals surface area (Å²) in [4.78, 5) is 10.5. The molecule has 0 amide bonds. The van der Waals surface area contributed by atoms with Crippen molar-refractivity contribution in [2.75, 3.05) is 5.32 Å². The van der Waals surface area contributed by atoms with Crippen LogP contribution in [0.3, 0.4) is 0 Å². The molecule has 6 nitrogen and oxygen atoms in total. The zero-order chi connectivity index (χ0) is 13.1. The first-order valence-electron chi connectivity index (χ1n) is 5.16. The highest BCUT2D eigenvalue weighted by Gasteiger charge is 2.14. The summed E-state index contributed by atoms with van der Waals surface area (Å²) in [5, 5.41) is 17.6. The van der Waals surface area contributed by atoms with Gasteiger partial charge in [0.05, 0.1) is 17.2 Å². The molecule has 1 aromatic carbocycles. The van der Waals surface area contributed by atoms with Gasteiger partial charge >= 0.3 is 0 Å². The minimum Gasteiger partial charge on any atom is -0.372 e. The summed E-state index contributed by atoms with van der Waals surface area (Å²) in [6.07, 6.45) is 0. The summed E-state index contributed by atoms with van der Waals surface area (Å²) in [5.74, 6) is 0.629. The third kappa shape index (κ3) is 2.86. The molecule has 0 saturated carbocycles. The average molecular weight is 312 g/mol. The first-order chi connectivity index (χ1) is 8.56. The fourth-order valence-electron chi connectivity index (χ4n) is 1.49. The normalized spacial score (nSPS) is 10.3. The summed E-state index contributed by atoms with van der Waals surface area (Å²) in [5.41, 5.74) is 1.23. The van der Waals surface area contributed by atoms with E-state index in [4.69, 9.17) is 4.52 Å². The van der Waals surface area contributed by atoms with Crippen molar-refractivity contribution >= 4 is 27.3 Å². The van der Waals surface area contributed by atoms with Gasteiger partial charge < -0.3 is 9.84 Å². The molecule has 0 aliphatic carbocycles. The van der Waals surface area contributed by atoms with E-state index in [2.05, 4.69) is 26.4 Å². The zero-order valence-electron chi connectivity index (χ0n) is 9.51. The van der Waals surface area contributed by atoms with E-state index in [0.29, 0.717) is 22.5 Å². The number of hydrogen-bond donors (Lipinski definition) is 1. The highest BCUT2D eigenvalue weighted by Crippen LogP contribution is 2.28. The number of anilines is 1. The van der Waals surface area contributed by atoms with Crippen LogP contribution in [0, 0.1) is 17.0 Å². The third-order valence-corrected chi connectivity index (χ3v) is 2.78. The van der Waals surface area contributed by atoms with E-state index in [1.165, 1.54) is 6.07 Å². The van der Waals surface area contributed by atoms with Gasteiger partial charge in [0.2, 0.25) is 0 Å². The maximum atomic E-state index is 10.9. The van der Waals surface area contributed by atoms with E-state index < -0.39 is 4.92 Å². The van der Waals surface area contributed by atoms with Crippen LogP contribution in [0.4, 0.5) is 11.4 Å². The van der Waals surface area contributed by atoms with Gasteiger partial charge in [-0.2, -0.15) is 0 Å². The highest BCUT2D eigenvalue weighted by atomic mass is 79.9. The first kappa shape index (κ1) is 12.6. The largest absolute Gasteiger partial charge is 0.372 e. The molecule has 0 spiro atoms. The first-order valence-corrected chi connectivity index (χ1v) is 5.95. The molecule has 18 heavy (non-hydrogen) atoms. The van der Waals surface area contributed by atoms with Crippen molar-refractivity contribution in [1.82, 2.24) is 5.16 Å². The smallest absolute Gasteiger partial charge is 0.293 e. The van der Waals surface area contributed by atoms with E-state index in [9.17, 15) is 10.1 Å². The van der Waals surface area contributed by atoms with Gasteiger partial charge in [-0.05, 0) is 19.1 Å². The highest BCUT2D eigenvalue weighted by molar-refractivity contribution is 9.10. The van der Waals surface area contributed by atoms with Crippen LogP contribution in [0.2, 0.25) is 0 Å². The molecule has 0 atom stereocenters. The van der Waals surface area contributed by atoms with E-state index >= 15 is 0 Å². The lowest BCUT2D eigenvalue weighted by molar-refractivity contribution is -0.384. The SMILES string of the molecule is Cc1cc(CNc2ccc(Br)cc2[N+](=O)[O-])on1. The third-order valence-electron chi connectivity index (χ3n) is 2.29. The number of nitrogens with zero attached hydrogens (tertiary/aromatic N) is 2. The van der Waals surface area contributed by atoms with Gasteiger partial charge in [0.1, 0.15) is 5.69 Å². The van der Waals surface area contributed by atoms with Crippen LogP contribution in [0.5, 0.6) is 0 Å². The molecule has 1 aromatic heterocycles. The van der Waals surface area contributed by atoms with E-state index in [1.807, 2.05) is 6.92 Å². The summed E-state index contributed by atoms with van der Waals surface area (Å²) < 4.78 is 5.68. The Morgan fingerprint density at radius 1 is 1.50 bits per heavy atom. The molecular weight excluding hydrogens is 302 g/mol. The maximum Gasteiger partial charge on any atom is 0.293 e. The van der Waals surface area contributed by atoms with Crippen molar-refractivity contribution in [3.8, 4) is 0 Å². The van der Waals surface area contributed by atoms with Gasteiger partial charge in [-0.15, -0.1) is 0 Å². The maximum absolute atomic E-state index is 10.9. The number of halogens is 1. The Morgan fingerprint density at radius 3 is 2.89 bits per heavy atom. The number of aryl methyl sites for hydroxylation is 1. The molecular formula is C11H10BrN3O3. The number of hydrogen-bond acceptors (Lipinski definition) is 5. The van der Waals surface area contributed by atoms with Gasteiger partial charge in [-0.1, -0.05) is 21.1 Å². The Kier molecular flexibility index (Phi) is 3.61. The van der Waals surface area contributed by atoms with Crippen LogP contribution >= 0.6 is 15.9 Å². The van der Waals surface area contributed by atoms with Gasteiger partial charge in [0.15, 0.2) is 5.76 Å². The van der Waals surface area contributed by atoms with Crippen molar-refractivity contribution in [2.45, 2.75) is 13.5 Å². The van der Waals surface area contributed by atoms with Crippen LogP contribution in [0.25, 0.3) is 0 Å². The van der Waals surface area contributed by atoms with Gasteiger partial charge in [0.25, 0.3) is 5.69 Å².